The van der Waals surface area contributed by atoms with Gasteiger partial charge in [-0.1, -0.05) is 60.7 Å². The highest BCUT2D eigenvalue weighted by molar-refractivity contribution is 7.88. The maximum absolute atomic E-state index is 12.4. The first kappa shape index (κ1) is 29.5. The van der Waals surface area contributed by atoms with E-state index in [0.29, 0.717) is 24.4 Å². The molecule has 1 aliphatic rings. The SMILES string of the molecule is CCNC(=O)[C@@H]1O[C@@H](n2cnc3c(NCC(c4ccccc4)c4ccccc4)nc(CNS(C)(=O)=O)nc32)[C@H](O)[C@H]1O. The molecule has 1 saturated heterocycles. The van der Waals surface area contributed by atoms with Crippen molar-refractivity contribution < 1.29 is 28.2 Å². The highest BCUT2D eigenvalue weighted by atomic mass is 32.2. The molecule has 0 bridgehead atoms. The molecule has 0 radical (unpaired) electrons. The monoisotopic (exact) mass is 595 g/mol. The third-order valence-corrected chi connectivity index (χ3v) is 7.63. The van der Waals surface area contributed by atoms with Crippen LogP contribution in [-0.4, -0.2) is 81.7 Å². The first-order valence-corrected chi connectivity index (χ1v) is 15.4. The van der Waals surface area contributed by atoms with E-state index < -0.39 is 40.5 Å². The Morgan fingerprint density at radius 2 is 1.67 bits per heavy atom. The van der Waals surface area contributed by atoms with Crippen molar-refractivity contribution >= 4 is 32.9 Å². The van der Waals surface area contributed by atoms with E-state index in [-0.39, 0.29) is 23.9 Å². The second-order valence-electron chi connectivity index (χ2n) is 9.98. The lowest BCUT2D eigenvalue weighted by Gasteiger charge is -2.20. The van der Waals surface area contributed by atoms with Crippen molar-refractivity contribution in [2.75, 3.05) is 24.7 Å². The minimum Gasteiger partial charge on any atom is -0.387 e. The van der Waals surface area contributed by atoms with Crippen molar-refractivity contribution in [2.45, 2.75) is 43.9 Å². The number of ether oxygens (including phenoxy) is 1. The van der Waals surface area contributed by atoms with Crippen molar-refractivity contribution in [1.82, 2.24) is 29.6 Å². The normalized spacial score (nSPS) is 20.7. The van der Waals surface area contributed by atoms with Crippen molar-refractivity contribution in [3.63, 3.8) is 0 Å². The van der Waals surface area contributed by atoms with Crippen molar-refractivity contribution in [3.05, 3.63) is 83.9 Å². The molecular weight excluding hydrogens is 562 g/mol. The molecule has 0 unspecified atom stereocenters. The minimum atomic E-state index is -3.55. The molecule has 3 heterocycles. The fourth-order valence-corrected chi connectivity index (χ4v) is 5.32. The summed E-state index contributed by atoms with van der Waals surface area (Å²) in [6, 6.07) is 20.0. The van der Waals surface area contributed by atoms with Gasteiger partial charge in [0.25, 0.3) is 5.91 Å². The average Bonchev–Trinajstić information content (AvgIpc) is 3.53. The number of anilines is 1. The van der Waals surface area contributed by atoms with Crippen LogP contribution in [0.25, 0.3) is 11.2 Å². The Balaban J connectivity index is 1.51. The van der Waals surface area contributed by atoms with Gasteiger partial charge in [0.2, 0.25) is 10.0 Å². The van der Waals surface area contributed by atoms with Crippen LogP contribution in [0.5, 0.6) is 0 Å². The van der Waals surface area contributed by atoms with Gasteiger partial charge >= 0.3 is 0 Å². The lowest BCUT2D eigenvalue weighted by molar-refractivity contribution is -0.137. The summed E-state index contributed by atoms with van der Waals surface area (Å²) in [6.07, 6.45) is -3.01. The topological polar surface area (TPSA) is 181 Å². The van der Waals surface area contributed by atoms with Crippen LogP contribution in [0.4, 0.5) is 5.82 Å². The van der Waals surface area contributed by atoms with E-state index in [1.165, 1.54) is 10.9 Å². The molecule has 0 saturated carbocycles. The molecule has 5 rings (SSSR count). The van der Waals surface area contributed by atoms with Gasteiger partial charge in [-0.3, -0.25) is 9.36 Å². The maximum atomic E-state index is 12.4. The van der Waals surface area contributed by atoms with E-state index in [1.54, 1.807) is 6.92 Å². The number of sulfonamides is 1. The summed E-state index contributed by atoms with van der Waals surface area (Å²) in [6.45, 7) is 2.28. The molecule has 1 fully saturated rings. The number of imidazole rings is 1. The van der Waals surface area contributed by atoms with Crippen LogP contribution >= 0.6 is 0 Å². The number of aliphatic hydroxyl groups excluding tert-OH is 2. The van der Waals surface area contributed by atoms with E-state index in [2.05, 4.69) is 30.3 Å². The van der Waals surface area contributed by atoms with E-state index in [4.69, 9.17) is 4.74 Å². The molecule has 222 valence electrons. The van der Waals surface area contributed by atoms with Crippen molar-refractivity contribution in [3.8, 4) is 0 Å². The summed E-state index contributed by atoms with van der Waals surface area (Å²) >= 11 is 0. The number of rotatable bonds is 11. The van der Waals surface area contributed by atoms with E-state index >= 15 is 0 Å². The van der Waals surface area contributed by atoms with Gasteiger partial charge in [0.15, 0.2) is 29.3 Å². The first-order chi connectivity index (χ1) is 20.2. The lowest BCUT2D eigenvalue weighted by atomic mass is 9.91. The fourth-order valence-electron chi connectivity index (χ4n) is 4.92. The number of nitrogens with one attached hydrogen (secondary N) is 3. The quantitative estimate of drug-likeness (QED) is 0.167. The van der Waals surface area contributed by atoms with E-state index in [9.17, 15) is 23.4 Å². The van der Waals surface area contributed by atoms with Gasteiger partial charge in [0, 0.05) is 19.0 Å². The number of likely N-dealkylation sites (N-methyl/N-ethyl adjacent to an activating group) is 1. The number of hydrogen-bond donors (Lipinski definition) is 5. The van der Waals surface area contributed by atoms with Crippen LogP contribution in [0, 0.1) is 0 Å². The van der Waals surface area contributed by atoms with Gasteiger partial charge in [-0.25, -0.2) is 28.1 Å². The van der Waals surface area contributed by atoms with Crippen molar-refractivity contribution in [1.29, 1.82) is 0 Å². The van der Waals surface area contributed by atoms with E-state index in [0.717, 1.165) is 17.4 Å². The fraction of sp³-hybridized carbons (Fsp3) is 0.357. The smallest absolute Gasteiger partial charge is 0.252 e. The third kappa shape index (κ3) is 6.42. The second kappa shape index (κ2) is 12.5. The summed E-state index contributed by atoms with van der Waals surface area (Å²) in [5, 5.41) is 27.3. The van der Waals surface area contributed by atoms with Crippen LogP contribution in [0.2, 0.25) is 0 Å². The summed E-state index contributed by atoms with van der Waals surface area (Å²) in [5.41, 5.74) is 2.73. The molecule has 2 aromatic carbocycles. The van der Waals surface area contributed by atoms with Crippen LogP contribution in [-0.2, 0) is 26.1 Å². The number of amides is 1. The molecule has 0 spiro atoms. The number of nitrogens with zero attached hydrogens (tertiary/aromatic N) is 4. The zero-order valence-electron chi connectivity index (χ0n) is 23.1. The Labute approximate surface area is 243 Å². The molecule has 42 heavy (non-hydrogen) atoms. The van der Waals surface area contributed by atoms with E-state index in [1.807, 2.05) is 60.7 Å². The Morgan fingerprint density at radius 1 is 1.02 bits per heavy atom. The zero-order valence-corrected chi connectivity index (χ0v) is 23.9. The van der Waals surface area contributed by atoms with Gasteiger partial charge in [0.1, 0.15) is 18.0 Å². The molecule has 14 heteroatoms. The first-order valence-electron chi connectivity index (χ1n) is 13.5. The van der Waals surface area contributed by atoms with Crippen LogP contribution in [0.3, 0.4) is 0 Å². The summed E-state index contributed by atoms with van der Waals surface area (Å²) < 4.78 is 33.2. The third-order valence-electron chi connectivity index (χ3n) is 6.96. The number of aromatic nitrogens is 4. The average molecular weight is 596 g/mol. The maximum Gasteiger partial charge on any atom is 0.252 e. The predicted octanol–water partition coefficient (Wildman–Crippen LogP) is 0.875. The van der Waals surface area contributed by atoms with Gasteiger partial charge < -0.3 is 25.6 Å². The van der Waals surface area contributed by atoms with Crippen LogP contribution in [0.15, 0.2) is 67.0 Å². The molecule has 1 aliphatic heterocycles. The second-order valence-corrected chi connectivity index (χ2v) is 11.8. The lowest BCUT2D eigenvalue weighted by Crippen LogP contribution is -2.42. The summed E-state index contributed by atoms with van der Waals surface area (Å²) in [4.78, 5) is 25.9. The standard InChI is InChI=1S/C28H33N7O6S/c1-3-29-27(38)24-22(36)23(37)28(41-24)35-16-31-21-25(33-20(34-26(21)35)15-32-42(2,39)40)30-14-19(17-10-6-4-7-11-17)18-12-8-5-9-13-18/h4-13,16,19,22-24,28,32,36-37H,3,14-15H2,1-2H3,(H,29,38)(H,30,33,34)/t22-,23-,24-,28-/m1/s1. The molecule has 4 aromatic rings. The summed E-state index contributed by atoms with van der Waals surface area (Å²) in [7, 11) is -3.55. The largest absolute Gasteiger partial charge is 0.387 e. The van der Waals surface area contributed by atoms with Crippen LogP contribution < -0.4 is 15.4 Å². The van der Waals surface area contributed by atoms with Gasteiger partial charge in [-0.15, -0.1) is 0 Å². The Hall–Kier alpha value is -3.95. The van der Waals surface area contributed by atoms with Crippen LogP contribution in [0.1, 0.15) is 36.0 Å². The summed E-state index contributed by atoms with van der Waals surface area (Å²) in [5.74, 6) is -0.125. The van der Waals surface area contributed by atoms with Crippen molar-refractivity contribution in [2.24, 2.45) is 0 Å². The van der Waals surface area contributed by atoms with Gasteiger partial charge in [0.05, 0.1) is 19.1 Å². The minimum absolute atomic E-state index is 0.0509. The molecule has 1 amide bonds. The number of carbonyl (C=O) groups is 1. The molecular formula is C28H33N7O6S. The Morgan fingerprint density at radius 3 is 2.26 bits per heavy atom. The molecule has 2 aromatic heterocycles. The van der Waals surface area contributed by atoms with Gasteiger partial charge in [-0.05, 0) is 18.1 Å². The number of aliphatic hydroxyl groups is 2. The molecule has 0 aliphatic carbocycles. The predicted molar refractivity (Wildman–Crippen MR) is 155 cm³/mol. The highest BCUT2D eigenvalue weighted by Gasteiger charge is 2.47. The molecule has 5 N–H and O–H groups in total. The number of fused-ring (bicyclic) bond motifs is 1. The Kier molecular flexibility index (Phi) is 8.80. The zero-order chi connectivity index (χ0) is 29.9. The number of carbonyl (C=O) groups excluding carboxylic acids is 1. The number of hydrogen-bond acceptors (Lipinski definition) is 10. The Bertz CT molecular complexity index is 1600. The number of benzene rings is 2. The molecule has 13 nitrogen and oxygen atoms in total. The van der Waals surface area contributed by atoms with Gasteiger partial charge in [-0.2, -0.15) is 0 Å². The highest BCUT2D eigenvalue weighted by Crippen LogP contribution is 2.33. The molecule has 4 atom stereocenters.